The Morgan fingerprint density at radius 2 is 1.89 bits per heavy atom. The van der Waals surface area contributed by atoms with Gasteiger partial charge in [-0.3, -0.25) is 9.69 Å². The molecule has 0 saturated carbocycles. The molecule has 0 radical (unpaired) electrons. The highest BCUT2D eigenvalue weighted by molar-refractivity contribution is 8.03. The third-order valence-electron chi connectivity index (χ3n) is 6.34. The van der Waals surface area contributed by atoms with Crippen molar-refractivity contribution in [3.05, 3.63) is 105 Å². The highest BCUT2D eigenvalue weighted by atomic mass is 35.5. The van der Waals surface area contributed by atoms with Gasteiger partial charge in [0.1, 0.15) is 12.4 Å². The maximum atomic E-state index is 13.2. The minimum atomic E-state index is -0.255. The summed E-state index contributed by atoms with van der Waals surface area (Å²) < 4.78 is 5.89. The van der Waals surface area contributed by atoms with Crippen molar-refractivity contribution in [3.8, 4) is 11.8 Å². The first-order valence-electron chi connectivity index (χ1n) is 11.4. The van der Waals surface area contributed by atoms with E-state index in [1.165, 1.54) is 11.8 Å². The summed E-state index contributed by atoms with van der Waals surface area (Å²) in [5, 5.41) is 11.5. The lowest BCUT2D eigenvalue weighted by Crippen LogP contribution is -2.47. The molecule has 0 N–H and O–H groups in total. The number of allylic oxidation sites excluding steroid dienone is 1. The molecule has 0 aliphatic carbocycles. The number of nitriles is 1. The van der Waals surface area contributed by atoms with Crippen LogP contribution in [0.15, 0.2) is 83.4 Å². The second-order valence-electron chi connectivity index (χ2n) is 8.64. The summed E-state index contributed by atoms with van der Waals surface area (Å²) >= 11 is 7.84. The molecule has 2 aliphatic heterocycles. The Labute approximate surface area is 214 Å². The van der Waals surface area contributed by atoms with Gasteiger partial charge in [-0.1, -0.05) is 71.9 Å². The van der Waals surface area contributed by atoms with Crippen molar-refractivity contribution in [1.29, 1.82) is 5.26 Å². The number of thioether (sulfide) groups is 1. The standard InChI is InChI=1S/C28H24ClN3O2S/c1-19-7-10-22(13-26(19)29)31-17-32-27(33)14-24(25(15-30)28(32)35-18-31)21-8-11-23(12-9-21)34-16-20-5-3-2-4-6-20/h2-13,24H,14,16-18H2,1H3/t24-/m0/s1. The van der Waals surface area contributed by atoms with Crippen LogP contribution in [0.1, 0.15) is 29.0 Å². The lowest BCUT2D eigenvalue weighted by molar-refractivity contribution is -0.129. The predicted octanol–water partition coefficient (Wildman–Crippen LogP) is 6.45. The molecule has 5 nitrogen and oxygen atoms in total. The van der Waals surface area contributed by atoms with E-state index in [0.717, 1.165) is 33.2 Å². The Balaban J connectivity index is 1.33. The number of ether oxygens (including phenoxy) is 1. The third-order valence-corrected chi connectivity index (χ3v) is 7.91. The zero-order valence-corrected chi connectivity index (χ0v) is 20.9. The lowest BCUT2D eigenvalue weighted by Gasteiger charge is -2.42. The molecule has 1 atom stereocenters. The fourth-order valence-corrected chi connectivity index (χ4v) is 5.67. The van der Waals surface area contributed by atoms with E-state index >= 15 is 0 Å². The Morgan fingerprint density at radius 1 is 1.11 bits per heavy atom. The van der Waals surface area contributed by atoms with Crippen molar-refractivity contribution in [2.75, 3.05) is 17.4 Å². The number of fused-ring (bicyclic) bond motifs is 1. The molecule has 3 aromatic carbocycles. The van der Waals surface area contributed by atoms with Crippen LogP contribution in [0.4, 0.5) is 5.69 Å². The smallest absolute Gasteiger partial charge is 0.229 e. The number of carbonyl (C=O) groups is 1. The normalized spacial score (nSPS) is 17.7. The molecular formula is C28H24ClN3O2S. The lowest BCUT2D eigenvalue weighted by atomic mass is 9.86. The maximum absolute atomic E-state index is 13.2. The number of aryl methyl sites for hydroxylation is 1. The molecule has 0 spiro atoms. The monoisotopic (exact) mass is 501 g/mol. The van der Waals surface area contributed by atoms with Gasteiger partial charge in [0.15, 0.2) is 0 Å². The third kappa shape index (κ3) is 4.88. The van der Waals surface area contributed by atoms with Crippen molar-refractivity contribution >= 4 is 35.0 Å². The number of rotatable bonds is 5. The van der Waals surface area contributed by atoms with E-state index in [-0.39, 0.29) is 18.2 Å². The van der Waals surface area contributed by atoms with E-state index in [2.05, 4.69) is 11.0 Å². The van der Waals surface area contributed by atoms with Gasteiger partial charge in [-0.2, -0.15) is 5.26 Å². The van der Waals surface area contributed by atoms with Crippen molar-refractivity contribution in [2.45, 2.75) is 25.9 Å². The molecule has 0 unspecified atom stereocenters. The summed E-state index contributed by atoms with van der Waals surface area (Å²) in [6.45, 7) is 2.86. The molecule has 176 valence electrons. The Kier molecular flexibility index (Phi) is 6.72. The van der Waals surface area contributed by atoms with Crippen LogP contribution in [-0.4, -0.2) is 23.4 Å². The summed E-state index contributed by atoms with van der Waals surface area (Å²) in [6.07, 6.45) is 0.264. The molecular weight excluding hydrogens is 478 g/mol. The fraction of sp³-hybridized carbons (Fsp3) is 0.214. The van der Waals surface area contributed by atoms with E-state index in [9.17, 15) is 10.1 Å². The van der Waals surface area contributed by atoms with Crippen LogP contribution in [0, 0.1) is 18.3 Å². The Morgan fingerprint density at radius 3 is 2.60 bits per heavy atom. The first-order chi connectivity index (χ1) is 17.0. The van der Waals surface area contributed by atoms with Gasteiger partial charge < -0.3 is 9.64 Å². The van der Waals surface area contributed by atoms with Crippen LogP contribution in [-0.2, 0) is 11.4 Å². The molecule has 0 aromatic heterocycles. The minimum absolute atomic E-state index is 0.0174. The minimum Gasteiger partial charge on any atom is -0.489 e. The predicted molar refractivity (Wildman–Crippen MR) is 140 cm³/mol. The van der Waals surface area contributed by atoms with Crippen LogP contribution in [0.25, 0.3) is 0 Å². The maximum Gasteiger partial charge on any atom is 0.229 e. The first-order valence-corrected chi connectivity index (χ1v) is 12.7. The largest absolute Gasteiger partial charge is 0.489 e. The van der Waals surface area contributed by atoms with E-state index < -0.39 is 0 Å². The second-order valence-corrected chi connectivity index (χ2v) is 9.98. The Hall–Kier alpha value is -3.40. The number of halogens is 1. The summed E-state index contributed by atoms with van der Waals surface area (Å²) in [6, 6.07) is 26.1. The van der Waals surface area contributed by atoms with Crippen molar-refractivity contribution < 1.29 is 9.53 Å². The summed E-state index contributed by atoms with van der Waals surface area (Å²) in [4.78, 5) is 17.0. The fourth-order valence-electron chi connectivity index (χ4n) is 4.33. The molecule has 1 fully saturated rings. The van der Waals surface area contributed by atoms with Gasteiger partial charge in [0.2, 0.25) is 5.91 Å². The van der Waals surface area contributed by atoms with Gasteiger partial charge in [0.25, 0.3) is 0 Å². The molecule has 1 amide bonds. The summed E-state index contributed by atoms with van der Waals surface area (Å²) in [5.41, 5.74) is 4.67. The van der Waals surface area contributed by atoms with E-state index in [1.807, 2.05) is 79.7 Å². The zero-order chi connectivity index (χ0) is 24.4. The zero-order valence-electron chi connectivity index (χ0n) is 19.3. The average Bonchev–Trinajstić information content (AvgIpc) is 2.90. The van der Waals surface area contributed by atoms with Crippen molar-refractivity contribution in [3.63, 3.8) is 0 Å². The number of hydrogen-bond acceptors (Lipinski definition) is 5. The quantitative estimate of drug-likeness (QED) is 0.402. The number of benzene rings is 3. The average molecular weight is 502 g/mol. The molecule has 7 heteroatoms. The van der Waals surface area contributed by atoms with Crippen LogP contribution in [0.5, 0.6) is 5.75 Å². The SMILES string of the molecule is Cc1ccc(N2CSC3=C(C#N)[C@H](c4ccc(OCc5ccccc5)cc4)CC(=O)N3C2)cc1Cl. The molecule has 0 bridgehead atoms. The molecule has 3 aromatic rings. The van der Waals surface area contributed by atoms with Gasteiger partial charge in [-0.05, 0) is 47.9 Å². The molecule has 2 aliphatic rings. The first kappa shape index (κ1) is 23.3. The van der Waals surface area contributed by atoms with Gasteiger partial charge in [0.05, 0.1) is 29.2 Å². The topological polar surface area (TPSA) is 56.6 Å². The molecule has 2 heterocycles. The molecule has 5 rings (SSSR count). The number of amides is 1. The van der Waals surface area contributed by atoms with Crippen LogP contribution in [0.3, 0.4) is 0 Å². The van der Waals surface area contributed by atoms with Gasteiger partial charge in [-0.15, -0.1) is 0 Å². The van der Waals surface area contributed by atoms with E-state index in [1.54, 1.807) is 4.90 Å². The van der Waals surface area contributed by atoms with E-state index in [0.29, 0.717) is 29.7 Å². The van der Waals surface area contributed by atoms with Gasteiger partial charge in [0, 0.05) is 23.0 Å². The Bertz CT molecular complexity index is 1320. The van der Waals surface area contributed by atoms with Crippen LogP contribution >= 0.6 is 23.4 Å². The highest BCUT2D eigenvalue weighted by Gasteiger charge is 2.38. The number of hydrogen-bond donors (Lipinski definition) is 0. The van der Waals surface area contributed by atoms with E-state index in [4.69, 9.17) is 16.3 Å². The summed E-state index contributed by atoms with van der Waals surface area (Å²) in [7, 11) is 0. The second kappa shape index (κ2) is 10.1. The molecule has 35 heavy (non-hydrogen) atoms. The van der Waals surface area contributed by atoms with Crippen LogP contribution < -0.4 is 9.64 Å². The summed E-state index contributed by atoms with van der Waals surface area (Å²) in [5.74, 6) is 1.16. The van der Waals surface area contributed by atoms with Crippen molar-refractivity contribution in [1.82, 2.24) is 4.90 Å². The van der Waals surface area contributed by atoms with Crippen LogP contribution in [0.2, 0.25) is 5.02 Å². The van der Waals surface area contributed by atoms with Gasteiger partial charge in [-0.25, -0.2) is 0 Å². The number of carbonyl (C=O) groups excluding carboxylic acids is 1. The van der Waals surface area contributed by atoms with Crippen molar-refractivity contribution in [2.24, 2.45) is 0 Å². The number of nitrogens with zero attached hydrogens (tertiary/aromatic N) is 3. The van der Waals surface area contributed by atoms with Gasteiger partial charge >= 0.3 is 0 Å². The highest BCUT2D eigenvalue weighted by Crippen LogP contribution is 2.43. The molecule has 1 saturated heterocycles. The number of anilines is 1.